The first-order chi connectivity index (χ1) is 2.41. The fraction of sp³-hybridized carbons (Fsp3) is 0.333. The van der Waals surface area contributed by atoms with E-state index in [4.69, 9.17) is 14.7 Å². The molecule has 38 valence electrons. The van der Waals surface area contributed by atoms with E-state index < -0.39 is 0 Å². The summed E-state index contributed by atoms with van der Waals surface area (Å²) < 4.78 is 0. The van der Waals surface area contributed by atoms with Crippen LogP contribution in [0, 0.1) is 0 Å². The van der Waals surface area contributed by atoms with Crippen molar-refractivity contribution >= 4 is 13.3 Å². The summed E-state index contributed by atoms with van der Waals surface area (Å²) in [6.07, 6.45) is 0. The van der Waals surface area contributed by atoms with Crippen molar-refractivity contribution < 1.29 is 14.7 Å². The first-order valence-electron chi connectivity index (χ1n) is 0.783. The van der Waals surface area contributed by atoms with Crippen molar-refractivity contribution in [2.45, 2.75) is 7.43 Å². The van der Waals surface area contributed by atoms with Crippen LogP contribution in [0.3, 0.4) is 0 Å². The van der Waals surface area contributed by atoms with Crippen molar-refractivity contribution in [1.82, 2.24) is 0 Å². The minimum absolute atomic E-state index is 0. The Morgan fingerprint density at radius 3 is 1.50 bits per heavy atom. The molecule has 0 amide bonds. The SMILES string of the molecule is C.C=O.O=CO. The van der Waals surface area contributed by atoms with Crippen LogP contribution >= 0.6 is 0 Å². The van der Waals surface area contributed by atoms with Crippen molar-refractivity contribution in [3.8, 4) is 0 Å². The number of carbonyl (C=O) groups is 2. The molecule has 0 saturated heterocycles. The molecule has 0 bridgehead atoms. The summed E-state index contributed by atoms with van der Waals surface area (Å²) in [5.74, 6) is 0. The molecule has 3 heteroatoms. The van der Waals surface area contributed by atoms with E-state index >= 15 is 0 Å². The molecular weight excluding hydrogens is 84.0 g/mol. The minimum Gasteiger partial charge on any atom is -0.483 e. The van der Waals surface area contributed by atoms with E-state index in [2.05, 4.69) is 0 Å². The van der Waals surface area contributed by atoms with E-state index in [1.165, 1.54) is 0 Å². The van der Waals surface area contributed by atoms with Crippen LogP contribution in [-0.2, 0) is 9.59 Å². The summed E-state index contributed by atoms with van der Waals surface area (Å²) >= 11 is 0. The predicted octanol–water partition coefficient (Wildman–Crippen LogP) is 0.152. The molecule has 0 heterocycles. The van der Waals surface area contributed by atoms with Gasteiger partial charge in [0.15, 0.2) is 0 Å². The molecule has 0 unspecified atom stereocenters. The molecule has 0 aromatic rings. The Labute approximate surface area is 36.6 Å². The summed E-state index contributed by atoms with van der Waals surface area (Å²) in [5.41, 5.74) is 0. The van der Waals surface area contributed by atoms with Gasteiger partial charge >= 0.3 is 0 Å². The molecule has 0 aliphatic rings. The second kappa shape index (κ2) is 2080. The van der Waals surface area contributed by atoms with Gasteiger partial charge in [-0.15, -0.1) is 0 Å². The van der Waals surface area contributed by atoms with Gasteiger partial charge in [0.25, 0.3) is 6.47 Å². The Kier molecular flexibility index (Phi) is 6680. The molecular formula is C3H8O3. The van der Waals surface area contributed by atoms with Crippen LogP contribution in [0.4, 0.5) is 0 Å². The van der Waals surface area contributed by atoms with E-state index in [9.17, 15) is 0 Å². The summed E-state index contributed by atoms with van der Waals surface area (Å²) in [6, 6.07) is 0. The molecule has 0 fully saturated rings. The molecule has 0 aliphatic heterocycles. The van der Waals surface area contributed by atoms with Gasteiger partial charge in [0.05, 0.1) is 0 Å². The predicted molar refractivity (Wildman–Crippen MR) is 22.5 cm³/mol. The van der Waals surface area contributed by atoms with Gasteiger partial charge in [-0.1, -0.05) is 7.43 Å². The molecule has 0 aromatic carbocycles. The molecule has 1 N–H and O–H groups in total. The van der Waals surface area contributed by atoms with Crippen LogP contribution in [-0.4, -0.2) is 18.4 Å². The van der Waals surface area contributed by atoms with Gasteiger partial charge in [0.1, 0.15) is 6.79 Å². The highest BCUT2D eigenvalue weighted by atomic mass is 16.3. The van der Waals surface area contributed by atoms with Crippen LogP contribution < -0.4 is 0 Å². The fourth-order valence-electron chi connectivity index (χ4n) is 0. The summed E-state index contributed by atoms with van der Waals surface area (Å²) in [5, 5.41) is 6.89. The Morgan fingerprint density at radius 1 is 1.50 bits per heavy atom. The second-order valence-electron chi connectivity index (χ2n) is 0.105. The third kappa shape index (κ3) is 19.4. The average Bonchev–Trinajstić information content (AvgIpc) is 1.46. The zero-order valence-corrected chi connectivity index (χ0v) is 2.55. The van der Waals surface area contributed by atoms with Crippen molar-refractivity contribution in [2.75, 3.05) is 0 Å². The quantitative estimate of drug-likeness (QED) is 0.433. The summed E-state index contributed by atoms with van der Waals surface area (Å²) in [6.45, 7) is 1.75. The average molecular weight is 92.1 g/mol. The fourth-order valence-corrected chi connectivity index (χ4v) is 0. The molecule has 0 rings (SSSR count). The normalized spacial score (nSPS) is 2.67. The van der Waals surface area contributed by atoms with Crippen LogP contribution in [0.2, 0.25) is 0 Å². The van der Waals surface area contributed by atoms with Gasteiger partial charge in [0.2, 0.25) is 0 Å². The number of hydrogen-bond acceptors (Lipinski definition) is 2. The van der Waals surface area contributed by atoms with Gasteiger partial charge in [-0.05, 0) is 0 Å². The Hall–Kier alpha value is -0.860. The Morgan fingerprint density at radius 2 is 1.50 bits per heavy atom. The van der Waals surface area contributed by atoms with Crippen LogP contribution in [0.15, 0.2) is 0 Å². The second-order valence-corrected chi connectivity index (χ2v) is 0.105. The zero-order valence-electron chi connectivity index (χ0n) is 2.55. The molecule has 0 atom stereocenters. The van der Waals surface area contributed by atoms with Gasteiger partial charge < -0.3 is 9.90 Å². The third-order valence-electron chi connectivity index (χ3n) is 0. The number of carbonyl (C=O) groups excluding carboxylic acids is 1. The zero-order chi connectivity index (χ0) is 4.71. The van der Waals surface area contributed by atoms with Crippen molar-refractivity contribution in [2.24, 2.45) is 0 Å². The highest BCUT2D eigenvalue weighted by Gasteiger charge is 1.22. The molecule has 3 nitrogen and oxygen atoms in total. The largest absolute Gasteiger partial charge is 0.483 e. The molecule has 0 radical (unpaired) electrons. The number of carboxylic acid groups (broad SMARTS) is 1. The summed E-state index contributed by atoms with van der Waals surface area (Å²) in [4.78, 5) is 16.4. The Bertz CT molecular complexity index is 20.0. The molecule has 0 aromatic heterocycles. The third-order valence-corrected chi connectivity index (χ3v) is 0. The maximum atomic E-state index is 8.36. The van der Waals surface area contributed by atoms with Crippen LogP contribution in [0.25, 0.3) is 0 Å². The Balaban J connectivity index is -0.0000000275. The number of hydrogen-bond donors (Lipinski definition) is 1. The lowest BCUT2D eigenvalue weighted by atomic mass is 11.7. The monoisotopic (exact) mass is 92.0 g/mol. The smallest absolute Gasteiger partial charge is 0.290 e. The van der Waals surface area contributed by atoms with E-state index in [0.717, 1.165) is 0 Å². The topological polar surface area (TPSA) is 54.4 Å². The van der Waals surface area contributed by atoms with E-state index in [-0.39, 0.29) is 13.9 Å². The maximum Gasteiger partial charge on any atom is 0.290 e. The lowest BCUT2D eigenvalue weighted by Gasteiger charge is -1.34. The lowest BCUT2D eigenvalue weighted by molar-refractivity contribution is -0.122. The van der Waals surface area contributed by atoms with Gasteiger partial charge in [0, 0.05) is 0 Å². The van der Waals surface area contributed by atoms with E-state index in [1.807, 2.05) is 6.79 Å². The highest BCUT2D eigenvalue weighted by Crippen LogP contribution is 0.966. The van der Waals surface area contributed by atoms with Crippen molar-refractivity contribution in [1.29, 1.82) is 0 Å². The van der Waals surface area contributed by atoms with Gasteiger partial charge in [-0.25, -0.2) is 0 Å². The van der Waals surface area contributed by atoms with E-state index in [1.54, 1.807) is 0 Å². The first-order valence-corrected chi connectivity index (χ1v) is 0.783. The van der Waals surface area contributed by atoms with Crippen LogP contribution in [0.5, 0.6) is 0 Å². The van der Waals surface area contributed by atoms with E-state index in [0.29, 0.717) is 0 Å². The highest BCUT2D eigenvalue weighted by molar-refractivity contribution is 5.32. The number of rotatable bonds is 0. The van der Waals surface area contributed by atoms with Gasteiger partial charge in [-0.3, -0.25) is 4.79 Å². The lowest BCUT2D eigenvalue weighted by Crippen LogP contribution is -1.49. The molecule has 0 aliphatic carbocycles. The molecule has 6 heavy (non-hydrogen) atoms. The first kappa shape index (κ1) is 19.2. The van der Waals surface area contributed by atoms with Crippen molar-refractivity contribution in [3.05, 3.63) is 0 Å². The van der Waals surface area contributed by atoms with Crippen LogP contribution in [0.1, 0.15) is 7.43 Å². The van der Waals surface area contributed by atoms with Gasteiger partial charge in [-0.2, -0.15) is 0 Å². The standard InChI is InChI=1S/CH2O2.CH2O.CH4/c2-1-3;1-2;/h1H,(H,2,3);1H2;1H4. The van der Waals surface area contributed by atoms with Crippen molar-refractivity contribution in [3.63, 3.8) is 0 Å². The molecule has 0 saturated carbocycles. The summed E-state index contributed by atoms with van der Waals surface area (Å²) in [7, 11) is 0. The minimum atomic E-state index is -0.250. The molecule has 0 spiro atoms. The maximum absolute atomic E-state index is 8.36.